The molecule has 1 aromatic heterocycles. The molecule has 0 amide bonds. The summed E-state index contributed by atoms with van der Waals surface area (Å²) in [5.41, 5.74) is 7.81. The SMILES string of the molecule is COC(=O)C(C)(N)CCCCn1c(C)nc2c1CCCC2. The highest BCUT2D eigenvalue weighted by Gasteiger charge is 2.28. The molecule has 1 unspecified atom stereocenters. The van der Waals surface area contributed by atoms with Crippen molar-refractivity contribution in [1.29, 1.82) is 0 Å². The summed E-state index contributed by atoms with van der Waals surface area (Å²) < 4.78 is 7.08. The van der Waals surface area contributed by atoms with Gasteiger partial charge in [-0.2, -0.15) is 0 Å². The predicted octanol–water partition coefficient (Wildman–Crippen LogP) is 2.13. The Morgan fingerprint density at radius 3 is 2.81 bits per heavy atom. The molecule has 1 aliphatic rings. The maximum atomic E-state index is 11.5. The van der Waals surface area contributed by atoms with Gasteiger partial charge >= 0.3 is 5.97 Å². The largest absolute Gasteiger partial charge is 0.468 e. The van der Waals surface area contributed by atoms with Gasteiger partial charge in [-0.3, -0.25) is 4.79 Å². The van der Waals surface area contributed by atoms with E-state index in [-0.39, 0.29) is 5.97 Å². The van der Waals surface area contributed by atoms with Crippen molar-refractivity contribution in [2.75, 3.05) is 7.11 Å². The van der Waals surface area contributed by atoms with Crippen LogP contribution >= 0.6 is 0 Å². The van der Waals surface area contributed by atoms with Crippen LogP contribution in [0.25, 0.3) is 0 Å². The van der Waals surface area contributed by atoms with Crippen LogP contribution in [0.4, 0.5) is 0 Å². The number of methoxy groups -OCH3 is 1. The number of carbonyl (C=O) groups excluding carboxylic acids is 1. The molecule has 0 bridgehead atoms. The zero-order valence-electron chi connectivity index (χ0n) is 13.4. The number of esters is 1. The lowest BCUT2D eigenvalue weighted by atomic mass is 9.96. The Balaban J connectivity index is 1.87. The molecule has 0 radical (unpaired) electrons. The number of rotatable bonds is 6. The fourth-order valence-electron chi connectivity index (χ4n) is 3.13. The number of carbonyl (C=O) groups is 1. The normalized spacial score (nSPS) is 17.1. The van der Waals surface area contributed by atoms with Crippen LogP contribution < -0.4 is 5.73 Å². The Hall–Kier alpha value is -1.36. The lowest BCUT2D eigenvalue weighted by Crippen LogP contribution is -2.45. The van der Waals surface area contributed by atoms with Crippen LogP contribution in [0.5, 0.6) is 0 Å². The quantitative estimate of drug-likeness (QED) is 0.644. The maximum absolute atomic E-state index is 11.5. The van der Waals surface area contributed by atoms with Crippen molar-refractivity contribution in [2.45, 2.75) is 70.9 Å². The number of nitrogens with two attached hydrogens (primary N) is 1. The van der Waals surface area contributed by atoms with Gasteiger partial charge in [0.05, 0.1) is 12.8 Å². The molecule has 0 fully saturated rings. The molecule has 2 N–H and O–H groups in total. The van der Waals surface area contributed by atoms with Gasteiger partial charge < -0.3 is 15.0 Å². The summed E-state index contributed by atoms with van der Waals surface area (Å²) in [5.74, 6) is 0.782. The summed E-state index contributed by atoms with van der Waals surface area (Å²) in [4.78, 5) is 16.2. The zero-order chi connectivity index (χ0) is 15.5. The number of imidazole rings is 1. The molecule has 5 heteroatoms. The van der Waals surface area contributed by atoms with Gasteiger partial charge in [-0.05, 0) is 58.8 Å². The molecule has 0 aliphatic heterocycles. The van der Waals surface area contributed by atoms with E-state index in [4.69, 9.17) is 10.5 Å². The fraction of sp³-hybridized carbons (Fsp3) is 0.750. The molecule has 0 saturated carbocycles. The molecule has 1 aliphatic carbocycles. The number of hydrogen-bond donors (Lipinski definition) is 1. The first-order valence-electron chi connectivity index (χ1n) is 7.88. The smallest absolute Gasteiger partial charge is 0.325 e. The predicted molar refractivity (Wildman–Crippen MR) is 82.1 cm³/mol. The van der Waals surface area contributed by atoms with E-state index in [2.05, 4.69) is 16.5 Å². The summed E-state index contributed by atoms with van der Waals surface area (Å²) in [6.45, 7) is 4.79. The van der Waals surface area contributed by atoms with Crippen LogP contribution in [0, 0.1) is 6.92 Å². The van der Waals surface area contributed by atoms with E-state index in [1.807, 2.05) is 0 Å². The Morgan fingerprint density at radius 2 is 2.10 bits per heavy atom. The lowest BCUT2D eigenvalue weighted by Gasteiger charge is -2.21. The average Bonchev–Trinajstić information content (AvgIpc) is 2.78. The van der Waals surface area contributed by atoms with E-state index >= 15 is 0 Å². The molecule has 0 aromatic carbocycles. The van der Waals surface area contributed by atoms with Crippen LogP contribution in [-0.4, -0.2) is 28.2 Å². The highest BCUT2D eigenvalue weighted by atomic mass is 16.5. The van der Waals surface area contributed by atoms with Gasteiger partial charge in [-0.1, -0.05) is 0 Å². The molecule has 2 rings (SSSR count). The van der Waals surface area contributed by atoms with Gasteiger partial charge in [0.25, 0.3) is 0 Å². The van der Waals surface area contributed by atoms with Gasteiger partial charge in [0.2, 0.25) is 0 Å². The molecule has 1 heterocycles. The molecule has 1 aromatic rings. The summed E-state index contributed by atoms with van der Waals surface area (Å²) in [5, 5.41) is 0. The molecule has 21 heavy (non-hydrogen) atoms. The first-order chi connectivity index (χ1) is 9.95. The van der Waals surface area contributed by atoms with E-state index in [0.29, 0.717) is 6.42 Å². The van der Waals surface area contributed by atoms with Crippen LogP contribution in [-0.2, 0) is 28.9 Å². The first-order valence-corrected chi connectivity index (χ1v) is 7.88. The second-order valence-electron chi connectivity index (χ2n) is 6.28. The molecule has 0 spiro atoms. The van der Waals surface area contributed by atoms with Gasteiger partial charge in [0, 0.05) is 12.2 Å². The van der Waals surface area contributed by atoms with E-state index in [1.165, 1.54) is 31.3 Å². The molecule has 0 saturated heterocycles. The maximum Gasteiger partial charge on any atom is 0.325 e. The lowest BCUT2D eigenvalue weighted by molar-refractivity contribution is -0.146. The number of aryl methyl sites for hydroxylation is 2. The third-order valence-corrected chi connectivity index (χ3v) is 4.40. The van der Waals surface area contributed by atoms with Crippen molar-refractivity contribution in [3.63, 3.8) is 0 Å². The number of nitrogens with zero attached hydrogens (tertiary/aromatic N) is 2. The van der Waals surface area contributed by atoms with Gasteiger partial charge in [-0.25, -0.2) is 4.98 Å². The van der Waals surface area contributed by atoms with E-state index in [0.717, 1.165) is 38.1 Å². The minimum Gasteiger partial charge on any atom is -0.468 e. The summed E-state index contributed by atoms with van der Waals surface area (Å²) in [7, 11) is 1.38. The third-order valence-electron chi connectivity index (χ3n) is 4.40. The summed E-state index contributed by atoms with van der Waals surface area (Å²) >= 11 is 0. The molecular weight excluding hydrogens is 266 g/mol. The number of aromatic nitrogens is 2. The van der Waals surface area contributed by atoms with Crippen LogP contribution in [0.2, 0.25) is 0 Å². The second-order valence-corrected chi connectivity index (χ2v) is 6.28. The van der Waals surface area contributed by atoms with Crippen molar-refractivity contribution < 1.29 is 9.53 Å². The van der Waals surface area contributed by atoms with E-state index < -0.39 is 5.54 Å². The Bertz CT molecular complexity index is 506. The average molecular weight is 293 g/mol. The van der Waals surface area contributed by atoms with Gasteiger partial charge in [0.1, 0.15) is 11.4 Å². The van der Waals surface area contributed by atoms with E-state index in [1.54, 1.807) is 6.92 Å². The van der Waals surface area contributed by atoms with Crippen LogP contribution in [0.15, 0.2) is 0 Å². The first kappa shape index (κ1) is 16.0. The highest BCUT2D eigenvalue weighted by molar-refractivity contribution is 5.79. The van der Waals surface area contributed by atoms with Crippen molar-refractivity contribution in [3.05, 3.63) is 17.2 Å². The summed E-state index contributed by atoms with van der Waals surface area (Å²) in [6, 6.07) is 0. The Kier molecular flexibility index (Phi) is 5.04. The monoisotopic (exact) mass is 293 g/mol. The number of fused-ring (bicyclic) bond motifs is 1. The minimum atomic E-state index is -0.877. The Labute approximate surface area is 126 Å². The highest BCUT2D eigenvalue weighted by Crippen LogP contribution is 2.23. The van der Waals surface area contributed by atoms with E-state index in [9.17, 15) is 4.79 Å². The van der Waals surface area contributed by atoms with Crippen molar-refractivity contribution in [1.82, 2.24) is 9.55 Å². The molecule has 1 atom stereocenters. The Morgan fingerprint density at radius 1 is 1.38 bits per heavy atom. The molecule has 5 nitrogen and oxygen atoms in total. The third kappa shape index (κ3) is 3.64. The summed E-state index contributed by atoms with van der Waals surface area (Å²) in [6.07, 6.45) is 7.35. The van der Waals surface area contributed by atoms with Gasteiger partial charge in [0.15, 0.2) is 0 Å². The number of hydrogen-bond acceptors (Lipinski definition) is 4. The molecule has 118 valence electrons. The number of unbranched alkanes of at least 4 members (excludes halogenated alkanes) is 1. The fourth-order valence-corrected chi connectivity index (χ4v) is 3.13. The second kappa shape index (κ2) is 6.60. The van der Waals surface area contributed by atoms with Crippen molar-refractivity contribution in [2.24, 2.45) is 5.73 Å². The standard InChI is InChI=1S/C16H27N3O2/c1-12-18-13-8-4-5-9-14(13)19(12)11-7-6-10-16(2,17)15(20)21-3/h4-11,17H2,1-3H3. The van der Waals surface area contributed by atoms with Crippen molar-refractivity contribution >= 4 is 5.97 Å². The van der Waals surface area contributed by atoms with Gasteiger partial charge in [-0.15, -0.1) is 0 Å². The van der Waals surface area contributed by atoms with Crippen molar-refractivity contribution in [3.8, 4) is 0 Å². The molecular formula is C16H27N3O2. The topological polar surface area (TPSA) is 70.1 Å². The van der Waals surface area contributed by atoms with Crippen LogP contribution in [0.1, 0.15) is 56.2 Å². The van der Waals surface area contributed by atoms with Crippen LogP contribution in [0.3, 0.4) is 0 Å². The number of ether oxygens (including phenoxy) is 1. The zero-order valence-corrected chi connectivity index (χ0v) is 13.4. The minimum absolute atomic E-state index is 0.335.